The van der Waals surface area contributed by atoms with Crippen LogP contribution in [0.5, 0.6) is 0 Å². The van der Waals surface area contributed by atoms with Gasteiger partial charge >= 0.3 is 5.97 Å². The van der Waals surface area contributed by atoms with Gasteiger partial charge in [0.25, 0.3) is 0 Å². The second-order valence-electron chi connectivity index (χ2n) is 4.76. The maximum Gasteiger partial charge on any atom is 0.371 e. The van der Waals surface area contributed by atoms with Gasteiger partial charge in [0.1, 0.15) is 5.69 Å². The molecule has 0 aliphatic carbocycles. The number of aliphatic hydroxyl groups excluding tert-OH is 1. The maximum atomic E-state index is 11.8. The Morgan fingerprint density at radius 1 is 1.17 bits per heavy atom. The number of Topliss-reactive ketones (excluding diaryl/α,β-unsaturated/α-hetero) is 1. The van der Waals surface area contributed by atoms with Gasteiger partial charge < -0.3 is 10.2 Å². The molecule has 0 amide bonds. The predicted octanol–water partition coefficient (Wildman–Crippen LogP) is 2.65. The molecule has 2 rings (SSSR count). The molecule has 1 aromatic carbocycles. The number of hydrogen-bond acceptors (Lipinski definition) is 6. The van der Waals surface area contributed by atoms with Crippen LogP contribution in [0.3, 0.4) is 0 Å². The summed E-state index contributed by atoms with van der Waals surface area (Å²) in [6.07, 6.45) is 1.12. The first kappa shape index (κ1) is 16.6. The third kappa shape index (κ3) is 4.33. The lowest BCUT2D eigenvalue weighted by atomic mass is 10.1. The fourth-order valence-corrected chi connectivity index (χ4v) is 2.61. The van der Waals surface area contributed by atoms with Crippen LogP contribution in [-0.4, -0.2) is 32.7 Å². The number of benzene rings is 1. The van der Waals surface area contributed by atoms with Gasteiger partial charge in [-0.2, -0.15) is 0 Å². The van der Waals surface area contributed by atoms with Crippen LogP contribution in [0.2, 0.25) is 0 Å². The molecule has 7 heteroatoms. The summed E-state index contributed by atoms with van der Waals surface area (Å²) in [5, 5.41) is 19.8. The molecule has 0 radical (unpaired) electrons. The Kier molecular flexibility index (Phi) is 5.02. The Balaban J connectivity index is 2.10. The number of thiazole rings is 1. The first-order valence-corrected chi connectivity index (χ1v) is 7.47. The number of aromatic nitrogens is 1. The molecule has 0 spiro atoms. The van der Waals surface area contributed by atoms with E-state index in [0.717, 1.165) is 5.56 Å². The van der Waals surface area contributed by atoms with E-state index in [1.807, 2.05) is 12.1 Å². The Labute approximate surface area is 135 Å². The molecule has 1 aromatic heterocycles. The molecule has 23 heavy (non-hydrogen) atoms. The molecule has 0 saturated heterocycles. The molecular weight excluding hydrogens is 318 g/mol. The van der Waals surface area contributed by atoms with Crippen LogP contribution in [0.15, 0.2) is 41.5 Å². The van der Waals surface area contributed by atoms with Crippen molar-refractivity contribution >= 4 is 28.9 Å². The van der Waals surface area contributed by atoms with Gasteiger partial charge in [-0.25, -0.2) is 9.78 Å². The van der Waals surface area contributed by atoms with Crippen molar-refractivity contribution in [2.75, 3.05) is 0 Å². The summed E-state index contributed by atoms with van der Waals surface area (Å²) < 4.78 is 0. The number of carbonyl (C=O) groups is 3. The van der Waals surface area contributed by atoms with E-state index in [1.165, 1.54) is 23.6 Å². The van der Waals surface area contributed by atoms with E-state index in [2.05, 4.69) is 4.98 Å². The number of aliphatic carboxylic acids is 1. The van der Waals surface area contributed by atoms with Gasteiger partial charge in [-0.15, -0.1) is 11.3 Å². The average molecular weight is 331 g/mol. The fraction of sp³-hybridized carbons (Fsp3) is 0.125. The largest absolute Gasteiger partial charge is 0.502 e. The normalized spacial score (nSPS) is 11.3. The van der Waals surface area contributed by atoms with Gasteiger partial charge in [-0.1, -0.05) is 24.3 Å². The van der Waals surface area contributed by atoms with E-state index in [4.69, 9.17) is 10.2 Å². The summed E-state index contributed by atoms with van der Waals surface area (Å²) in [6, 6.07) is 7.08. The molecule has 1 heterocycles. The van der Waals surface area contributed by atoms with Crippen molar-refractivity contribution in [1.82, 2.24) is 4.98 Å². The highest BCUT2D eigenvalue weighted by Crippen LogP contribution is 2.16. The van der Waals surface area contributed by atoms with Crippen molar-refractivity contribution in [2.45, 2.75) is 13.3 Å². The number of hydrogen-bond donors (Lipinski definition) is 2. The lowest BCUT2D eigenvalue weighted by Gasteiger charge is -1.99. The molecule has 0 saturated carbocycles. The Hall–Kier alpha value is -2.80. The van der Waals surface area contributed by atoms with Crippen molar-refractivity contribution in [3.05, 3.63) is 63.3 Å². The van der Waals surface area contributed by atoms with Crippen LogP contribution in [0.4, 0.5) is 0 Å². The van der Waals surface area contributed by atoms with E-state index in [0.29, 0.717) is 23.1 Å². The Bertz CT molecular complexity index is 789. The summed E-state index contributed by atoms with van der Waals surface area (Å²) in [4.78, 5) is 37.6. The third-order valence-corrected chi connectivity index (χ3v) is 3.86. The standard InChI is InChI=1S/C16H13NO5S/c1-9(18)11-4-2-10(3-5-11)6-15-17-12(8-23-15)13(19)7-14(20)16(21)22/h2-5,7-8,20H,6H2,1H3,(H,21,22). The van der Waals surface area contributed by atoms with Crippen LogP contribution in [0, 0.1) is 0 Å². The van der Waals surface area contributed by atoms with Gasteiger partial charge in [0, 0.05) is 23.4 Å². The summed E-state index contributed by atoms with van der Waals surface area (Å²) in [7, 11) is 0. The van der Waals surface area contributed by atoms with Crippen LogP contribution in [-0.2, 0) is 11.2 Å². The number of rotatable bonds is 6. The van der Waals surface area contributed by atoms with E-state index in [1.54, 1.807) is 12.1 Å². The maximum absolute atomic E-state index is 11.8. The molecule has 0 aliphatic rings. The van der Waals surface area contributed by atoms with Gasteiger partial charge in [-0.05, 0) is 12.5 Å². The van der Waals surface area contributed by atoms with Crippen LogP contribution >= 0.6 is 11.3 Å². The minimum absolute atomic E-state index is 0.0105. The molecule has 0 unspecified atom stereocenters. The van der Waals surface area contributed by atoms with Crippen molar-refractivity contribution in [3.63, 3.8) is 0 Å². The second-order valence-corrected chi connectivity index (χ2v) is 5.70. The number of carboxylic acids is 1. The van der Waals surface area contributed by atoms with Gasteiger partial charge in [0.05, 0.1) is 5.01 Å². The lowest BCUT2D eigenvalue weighted by molar-refractivity contribution is -0.135. The number of nitrogens with zero attached hydrogens (tertiary/aromatic N) is 1. The number of aliphatic hydroxyl groups is 1. The average Bonchev–Trinajstić information content (AvgIpc) is 2.96. The van der Waals surface area contributed by atoms with Gasteiger partial charge in [-0.3, -0.25) is 9.59 Å². The smallest absolute Gasteiger partial charge is 0.371 e. The molecule has 0 atom stereocenters. The van der Waals surface area contributed by atoms with E-state index in [-0.39, 0.29) is 11.5 Å². The molecule has 2 aromatic rings. The van der Waals surface area contributed by atoms with Crippen LogP contribution in [0.25, 0.3) is 0 Å². The highest BCUT2D eigenvalue weighted by Gasteiger charge is 2.13. The van der Waals surface area contributed by atoms with Crippen LogP contribution < -0.4 is 0 Å². The van der Waals surface area contributed by atoms with Gasteiger partial charge in [0.2, 0.25) is 11.5 Å². The van der Waals surface area contributed by atoms with E-state index >= 15 is 0 Å². The number of carbonyl (C=O) groups excluding carboxylic acids is 2. The Morgan fingerprint density at radius 2 is 1.83 bits per heavy atom. The molecule has 0 fully saturated rings. The predicted molar refractivity (Wildman–Crippen MR) is 84.0 cm³/mol. The van der Waals surface area contributed by atoms with Crippen LogP contribution in [0.1, 0.15) is 38.3 Å². The summed E-state index contributed by atoms with van der Waals surface area (Å²) >= 11 is 1.26. The molecule has 118 valence electrons. The Morgan fingerprint density at radius 3 is 2.39 bits per heavy atom. The van der Waals surface area contributed by atoms with Crippen molar-refractivity contribution in [1.29, 1.82) is 0 Å². The van der Waals surface area contributed by atoms with E-state index < -0.39 is 17.5 Å². The zero-order chi connectivity index (χ0) is 17.0. The monoisotopic (exact) mass is 331 g/mol. The summed E-state index contributed by atoms with van der Waals surface area (Å²) in [5.74, 6) is -3.27. The number of ketones is 2. The minimum Gasteiger partial charge on any atom is -0.502 e. The zero-order valence-corrected chi connectivity index (χ0v) is 13.0. The number of allylic oxidation sites excluding steroid dienone is 1. The highest BCUT2D eigenvalue weighted by molar-refractivity contribution is 7.09. The molecule has 2 N–H and O–H groups in total. The van der Waals surface area contributed by atoms with Crippen molar-refractivity contribution < 1.29 is 24.6 Å². The third-order valence-electron chi connectivity index (χ3n) is 3.01. The second kappa shape index (κ2) is 6.97. The molecule has 0 bridgehead atoms. The number of carboxylic acid groups (broad SMARTS) is 1. The lowest BCUT2D eigenvalue weighted by Crippen LogP contribution is -2.04. The zero-order valence-electron chi connectivity index (χ0n) is 12.1. The molecular formula is C16H13NO5S. The summed E-state index contributed by atoms with van der Waals surface area (Å²) in [5.41, 5.74) is 1.64. The van der Waals surface area contributed by atoms with Crippen molar-refractivity contribution in [2.24, 2.45) is 0 Å². The topological polar surface area (TPSA) is 105 Å². The fourth-order valence-electron chi connectivity index (χ4n) is 1.80. The molecule has 0 aliphatic heterocycles. The van der Waals surface area contributed by atoms with Crippen molar-refractivity contribution in [3.8, 4) is 0 Å². The highest BCUT2D eigenvalue weighted by atomic mass is 32.1. The molecule has 6 nitrogen and oxygen atoms in total. The first-order valence-electron chi connectivity index (χ1n) is 6.59. The summed E-state index contributed by atoms with van der Waals surface area (Å²) in [6.45, 7) is 1.49. The van der Waals surface area contributed by atoms with E-state index in [9.17, 15) is 14.4 Å². The SMILES string of the molecule is CC(=O)c1ccc(Cc2nc(C(=O)C=C(O)C(=O)O)cs2)cc1. The van der Waals surface area contributed by atoms with Gasteiger partial charge in [0.15, 0.2) is 5.78 Å². The first-order chi connectivity index (χ1) is 10.9. The quantitative estimate of drug-likeness (QED) is 0.479. The minimum atomic E-state index is -1.57.